The largest absolute Gasteiger partial charge is 0.378 e. The van der Waals surface area contributed by atoms with Crippen molar-refractivity contribution >= 4 is 17.6 Å². The molecule has 2 fully saturated rings. The Morgan fingerprint density at radius 3 is 1.67 bits per heavy atom. The summed E-state index contributed by atoms with van der Waals surface area (Å²) in [5.74, 6) is 0.334. The molecule has 2 aliphatic rings. The number of nitrogens with two attached hydrogens (primary N) is 2. The molecule has 2 aliphatic carbocycles. The third-order valence-electron chi connectivity index (χ3n) is 5.22. The van der Waals surface area contributed by atoms with E-state index in [1.54, 1.807) is 20.8 Å². The first-order chi connectivity index (χ1) is 14.2. The Morgan fingerprint density at radius 1 is 0.900 bits per heavy atom. The lowest BCUT2D eigenvalue weighted by Gasteiger charge is -2.21. The van der Waals surface area contributed by atoms with Crippen LogP contribution in [0.3, 0.4) is 0 Å². The van der Waals surface area contributed by atoms with Crippen LogP contribution in [0.1, 0.15) is 115 Å². The maximum atomic E-state index is 10.8. The molecule has 0 radical (unpaired) electrons. The second kappa shape index (κ2) is 20.8. The lowest BCUT2D eigenvalue weighted by atomic mass is 9.87. The molecule has 4 N–H and O–H groups in total. The van der Waals surface area contributed by atoms with Gasteiger partial charge in [0.1, 0.15) is 5.78 Å². The van der Waals surface area contributed by atoms with E-state index in [-0.39, 0.29) is 20.6 Å². The summed E-state index contributed by atoms with van der Waals surface area (Å²) in [6, 6.07) is 0. The number of hydrogen-bond acceptors (Lipinski definition) is 4. The highest BCUT2D eigenvalue weighted by Gasteiger charge is 2.16. The molecule has 30 heavy (non-hydrogen) atoms. The minimum absolute atomic E-state index is 0. The number of carbonyl (C=O) groups is 3. The fourth-order valence-corrected chi connectivity index (χ4v) is 3.24. The molecule has 182 valence electrons. The molecular weight excluding hydrogens is 380 g/mol. The minimum atomic E-state index is -0.241. The topological polar surface area (TPSA) is 112 Å². The van der Waals surface area contributed by atoms with E-state index < -0.39 is 0 Å². The number of carbonyl (C=O) groups excluding carboxylic acids is 3. The highest BCUT2D eigenvalue weighted by atomic mass is 16.5. The highest BCUT2D eigenvalue weighted by molar-refractivity contribution is 5.78. The summed E-state index contributed by atoms with van der Waals surface area (Å²) in [6.07, 6.45) is 14.2. The van der Waals surface area contributed by atoms with Crippen molar-refractivity contribution in [1.82, 2.24) is 0 Å². The van der Waals surface area contributed by atoms with E-state index >= 15 is 0 Å². The van der Waals surface area contributed by atoms with Crippen molar-refractivity contribution < 1.29 is 22.0 Å². The second-order valence-corrected chi connectivity index (χ2v) is 8.20. The fraction of sp³-hybridized carbons (Fsp3) is 0.875. The summed E-state index contributed by atoms with van der Waals surface area (Å²) in [7, 11) is 0. The van der Waals surface area contributed by atoms with E-state index in [0.29, 0.717) is 30.8 Å². The predicted molar refractivity (Wildman–Crippen MR) is 128 cm³/mol. The van der Waals surface area contributed by atoms with E-state index in [2.05, 4.69) is 0 Å². The standard InChI is InChI=1S/C10H19NO2.C8H14O.C4H9NO.C2H6.2H2/c11-10(12)7-4-8-13-9-5-2-1-3-6-9;1-7(9)8-5-3-2-4-6-8;1-3(2)4(5)6;1-2;;/h9H,1-8H2,(H2,11,12);8H,2-6H2,1H3;3H,1-2H3,(H2,5,6);1-2H3;2*1H. The maximum Gasteiger partial charge on any atom is 0.219 e. The Kier molecular flexibility index (Phi) is 21.4. The van der Waals surface area contributed by atoms with Gasteiger partial charge in [0, 0.05) is 27.7 Å². The van der Waals surface area contributed by atoms with Crippen LogP contribution in [0.25, 0.3) is 0 Å². The van der Waals surface area contributed by atoms with Gasteiger partial charge < -0.3 is 16.2 Å². The van der Waals surface area contributed by atoms with Crippen molar-refractivity contribution in [2.75, 3.05) is 6.61 Å². The molecule has 0 saturated heterocycles. The first kappa shape index (κ1) is 30.8. The van der Waals surface area contributed by atoms with Crippen LogP contribution < -0.4 is 11.5 Å². The van der Waals surface area contributed by atoms with Crippen molar-refractivity contribution in [2.24, 2.45) is 23.3 Å². The average Bonchev–Trinajstić information content (AvgIpc) is 2.75. The van der Waals surface area contributed by atoms with E-state index in [1.807, 2.05) is 13.8 Å². The quantitative estimate of drug-likeness (QED) is 0.524. The van der Waals surface area contributed by atoms with Gasteiger partial charge in [-0.3, -0.25) is 14.4 Å². The van der Waals surface area contributed by atoms with Crippen LogP contribution in [0.15, 0.2) is 0 Å². The van der Waals surface area contributed by atoms with E-state index in [4.69, 9.17) is 16.2 Å². The fourth-order valence-electron chi connectivity index (χ4n) is 3.24. The first-order valence-corrected chi connectivity index (χ1v) is 11.9. The molecule has 0 aromatic heterocycles. The van der Waals surface area contributed by atoms with E-state index in [9.17, 15) is 14.4 Å². The molecule has 0 unspecified atom stereocenters. The van der Waals surface area contributed by atoms with Crippen molar-refractivity contribution in [3.8, 4) is 0 Å². The van der Waals surface area contributed by atoms with Gasteiger partial charge in [-0.15, -0.1) is 0 Å². The van der Waals surface area contributed by atoms with Crippen LogP contribution in [-0.2, 0) is 19.1 Å². The monoisotopic (exact) mass is 432 g/mol. The third-order valence-corrected chi connectivity index (χ3v) is 5.22. The SMILES string of the molecule is CC.CC(=O)C1CCCCC1.CC(C)C(N)=O.NC(=O)CCCOC1CCCCC1.[HH].[HH]. The summed E-state index contributed by atoms with van der Waals surface area (Å²) < 4.78 is 5.63. The summed E-state index contributed by atoms with van der Waals surface area (Å²) in [5.41, 5.74) is 9.81. The van der Waals surface area contributed by atoms with Crippen molar-refractivity contribution in [3.05, 3.63) is 0 Å². The molecular formula is C24H52N2O4. The Bertz CT molecular complexity index is 451. The third kappa shape index (κ3) is 19.9. The van der Waals surface area contributed by atoms with E-state index in [1.165, 1.54) is 51.4 Å². The van der Waals surface area contributed by atoms with Gasteiger partial charge in [-0.1, -0.05) is 66.2 Å². The first-order valence-electron chi connectivity index (χ1n) is 11.9. The number of hydrogen-bond donors (Lipinski definition) is 2. The molecule has 0 aliphatic heterocycles. The molecule has 6 nitrogen and oxygen atoms in total. The smallest absolute Gasteiger partial charge is 0.219 e. The van der Waals surface area contributed by atoms with Gasteiger partial charge in [0.25, 0.3) is 0 Å². The minimum Gasteiger partial charge on any atom is -0.378 e. The summed E-state index contributed by atoms with van der Waals surface area (Å²) in [4.78, 5) is 31.1. The van der Waals surface area contributed by atoms with Crippen LogP contribution in [0.4, 0.5) is 0 Å². The second-order valence-electron chi connectivity index (χ2n) is 8.20. The van der Waals surface area contributed by atoms with Crippen molar-refractivity contribution in [3.63, 3.8) is 0 Å². The molecule has 0 atom stereocenters. The normalized spacial score (nSPS) is 16.7. The van der Waals surface area contributed by atoms with E-state index in [0.717, 1.165) is 19.3 Å². The van der Waals surface area contributed by atoms with Gasteiger partial charge in [-0.2, -0.15) is 0 Å². The number of Topliss-reactive ketones (excluding diaryl/α,β-unsaturated/α-hetero) is 1. The number of primary amides is 2. The molecule has 2 amide bonds. The lowest BCUT2D eigenvalue weighted by molar-refractivity contribution is -0.122. The number of amides is 2. The Balaban J connectivity index is -0.000000182. The average molecular weight is 433 g/mol. The molecule has 0 heterocycles. The summed E-state index contributed by atoms with van der Waals surface area (Å²) in [6.45, 7) is 9.94. The van der Waals surface area contributed by atoms with Gasteiger partial charge in [0.15, 0.2) is 0 Å². The van der Waals surface area contributed by atoms with Crippen molar-refractivity contribution in [1.29, 1.82) is 0 Å². The molecule has 0 aromatic rings. The Hall–Kier alpha value is -1.43. The van der Waals surface area contributed by atoms with Crippen LogP contribution in [-0.4, -0.2) is 30.3 Å². The highest BCUT2D eigenvalue weighted by Crippen LogP contribution is 2.23. The van der Waals surface area contributed by atoms with Gasteiger partial charge in [-0.05, 0) is 39.0 Å². The predicted octanol–water partition coefficient (Wildman–Crippen LogP) is 5.40. The van der Waals surface area contributed by atoms with Gasteiger partial charge in [-0.25, -0.2) is 0 Å². The maximum absolute atomic E-state index is 10.8. The van der Waals surface area contributed by atoms with Crippen LogP contribution in [0.5, 0.6) is 0 Å². The molecule has 2 saturated carbocycles. The molecule has 0 bridgehead atoms. The molecule has 0 spiro atoms. The molecule has 6 heteroatoms. The molecule has 2 rings (SSSR count). The van der Waals surface area contributed by atoms with Gasteiger partial charge >= 0.3 is 0 Å². The number of ketones is 1. The molecule has 0 aromatic carbocycles. The Labute approximate surface area is 187 Å². The number of ether oxygens (including phenoxy) is 1. The zero-order valence-electron chi connectivity index (χ0n) is 20.2. The van der Waals surface area contributed by atoms with Crippen LogP contribution >= 0.6 is 0 Å². The Morgan fingerprint density at radius 2 is 1.33 bits per heavy atom. The number of rotatable bonds is 7. The summed E-state index contributed by atoms with van der Waals surface area (Å²) >= 11 is 0. The van der Waals surface area contributed by atoms with Crippen molar-refractivity contribution in [2.45, 2.75) is 118 Å². The van der Waals surface area contributed by atoms with Gasteiger partial charge in [0.05, 0.1) is 6.10 Å². The van der Waals surface area contributed by atoms with Crippen LogP contribution in [0.2, 0.25) is 0 Å². The van der Waals surface area contributed by atoms with Crippen LogP contribution in [0, 0.1) is 11.8 Å². The van der Waals surface area contributed by atoms with Gasteiger partial charge in [0.2, 0.25) is 11.8 Å². The summed E-state index contributed by atoms with van der Waals surface area (Å²) in [5, 5.41) is 0. The lowest BCUT2D eigenvalue weighted by Crippen LogP contribution is -2.18. The zero-order valence-corrected chi connectivity index (χ0v) is 20.2. The zero-order chi connectivity index (χ0) is 23.4.